The Hall–Kier alpha value is -2.44. The molecule has 0 aliphatic carbocycles. The van der Waals surface area contributed by atoms with Crippen LogP contribution in [0, 0.1) is 0 Å². The maximum atomic E-state index is 12.0. The molecule has 7 heteroatoms. The minimum atomic E-state index is -4.72. The van der Waals surface area contributed by atoms with Gasteiger partial charge in [-0.05, 0) is 17.7 Å². The van der Waals surface area contributed by atoms with Gasteiger partial charge in [0.05, 0.1) is 5.56 Å². The number of aromatic nitrogens is 2. The van der Waals surface area contributed by atoms with E-state index in [2.05, 4.69) is 14.7 Å². The summed E-state index contributed by atoms with van der Waals surface area (Å²) >= 11 is 0. The summed E-state index contributed by atoms with van der Waals surface area (Å²) in [7, 11) is 0. The molecule has 20 heavy (non-hydrogen) atoms. The van der Waals surface area contributed by atoms with Gasteiger partial charge >= 0.3 is 6.36 Å². The van der Waals surface area contributed by atoms with E-state index in [9.17, 15) is 18.0 Å². The van der Waals surface area contributed by atoms with Crippen molar-refractivity contribution in [1.82, 2.24) is 9.97 Å². The van der Waals surface area contributed by atoms with Crippen LogP contribution in [-0.2, 0) is 6.42 Å². The van der Waals surface area contributed by atoms with Crippen molar-refractivity contribution in [2.45, 2.75) is 12.8 Å². The van der Waals surface area contributed by atoms with E-state index in [1.54, 1.807) is 0 Å². The number of hydrogen-bond acceptors (Lipinski definition) is 4. The number of carbonyl (C=O) groups is 1. The first-order valence-corrected chi connectivity index (χ1v) is 5.57. The van der Waals surface area contributed by atoms with Crippen molar-refractivity contribution in [3.8, 4) is 5.75 Å². The molecule has 0 N–H and O–H groups in total. The lowest BCUT2D eigenvalue weighted by Gasteiger charge is -2.09. The average molecular weight is 282 g/mol. The van der Waals surface area contributed by atoms with Crippen molar-refractivity contribution in [2.75, 3.05) is 0 Å². The Morgan fingerprint density at radius 2 is 1.70 bits per heavy atom. The van der Waals surface area contributed by atoms with Crippen LogP contribution in [0.4, 0.5) is 13.2 Å². The molecule has 0 bridgehead atoms. The lowest BCUT2D eigenvalue weighted by atomic mass is 10.1. The molecule has 0 unspecified atom stereocenters. The molecule has 0 aliphatic rings. The zero-order valence-electron chi connectivity index (χ0n) is 10.1. The largest absolute Gasteiger partial charge is 0.573 e. The molecule has 2 aromatic rings. The van der Waals surface area contributed by atoms with E-state index in [0.717, 1.165) is 12.1 Å². The molecule has 1 heterocycles. The third-order valence-electron chi connectivity index (χ3n) is 2.40. The van der Waals surface area contributed by atoms with Crippen molar-refractivity contribution < 1.29 is 22.7 Å². The van der Waals surface area contributed by atoms with Gasteiger partial charge in [0.1, 0.15) is 12.1 Å². The van der Waals surface area contributed by atoms with Crippen LogP contribution in [-0.4, -0.2) is 22.1 Å². The maximum absolute atomic E-state index is 12.0. The van der Waals surface area contributed by atoms with Gasteiger partial charge in [0.15, 0.2) is 5.78 Å². The monoisotopic (exact) mass is 282 g/mol. The zero-order valence-corrected chi connectivity index (χ0v) is 10.1. The number of hydrogen-bond donors (Lipinski definition) is 0. The minimum absolute atomic E-state index is 0.0552. The Balaban J connectivity index is 2.02. The topological polar surface area (TPSA) is 52.1 Å². The minimum Gasteiger partial charge on any atom is -0.406 e. The van der Waals surface area contributed by atoms with E-state index in [-0.39, 0.29) is 18.0 Å². The molecule has 0 saturated carbocycles. The van der Waals surface area contributed by atoms with Crippen LogP contribution < -0.4 is 4.74 Å². The smallest absolute Gasteiger partial charge is 0.406 e. The van der Waals surface area contributed by atoms with Gasteiger partial charge < -0.3 is 4.74 Å². The predicted octanol–water partition coefficient (Wildman–Crippen LogP) is 2.80. The Morgan fingerprint density at radius 1 is 1.10 bits per heavy atom. The summed E-state index contributed by atoms with van der Waals surface area (Å²) in [5.41, 5.74) is 0.927. The van der Waals surface area contributed by atoms with Crippen LogP contribution in [0.25, 0.3) is 0 Å². The number of ether oxygens (including phenoxy) is 1. The first-order chi connectivity index (χ1) is 9.44. The molecule has 1 aromatic heterocycles. The Bertz CT molecular complexity index is 583. The molecule has 0 saturated heterocycles. The number of halogens is 3. The molecule has 0 spiro atoms. The van der Waals surface area contributed by atoms with Crippen LogP contribution in [0.15, 0.2) is 43.0 Å². The quantitative estimate of drug-likeness (QED) is 0.809. The van der Waals surface area contributed by atoms with Crippen molar-refractivity contribution in [2.24, 2.45) is 0 Å². The molecule has 0 aliphatic heterocycles. The fourth-order valence-electron chi connectivity index (χ4n) is 1.54. The molecule has 4 nitrogen and oxygen atoms in total. The van der Waals surface area contributed by atoms with Crippen LogP contribution in [0.5, 0.6) is 5.75 Å². The van der Waals surface area contributed by atoms with E-state index in [0.29, 0.717) is 11.1 Å². The third-order valence-corrected chi connectivity index (χ3v) is 2.40. The molecular weight excluding hydrogens is 273 g/mol. The van der Waals surface area contributed by atoms with E-state index in [1.165, 1.54) is 30.9 Å². The molecule has 0 amide bonds. The molecule has 0 fully saturated rings. The highest BCUT2D eigenvalue weighted by atomic mass is 19.4. The van der Waals surface area contributed by atoms with Crippen molar-refractivity contribution in [3.63, 3.8) is 0 Å². The summed E-state index contributed by atoms with van der Waals surface area (Å²) in [6.07, 6.45) is -0.592. The van der Waals surface area contributed by atoms with E-state index < -0.39 is 6.36 Å². The summed E-state index contributed by atoms with van der Waals surface area (Å²) in [5, 5.41) is 0. The first kappa shape index (κ1) is 14.0. The second-order valence-corrected chi connectivity index (χ2v) is 3.92. The number of rotatable bonds is 4. The van der Waals surface area contributed by atoms with E-state index in [1.807, 2.05) is 0 Å². The molecule has 104 valence electrons. The van der Waals surface area contributed by atoms with Crippen molar-refractivity contribution in [3.05, 3.63) is 54.1 Å². The standard InChI is InChI=1S/C13H9F3N2O2/c14-13(15,16)20-11-3-1-9(2-4-11)5-12(19)10-6-17-8-18-7-10/h1-4,6-8H,5H2. The fraction of sp³-hybridized carbons (Fsp3) is 0.154. The van der Waals surface area contributed by atoms with E-state index >= 15 is 0 Å². The number of Topliss-reactive ketones (excluding diaryl/α,β-unsaturated/α-hetero) is 1. The maximum Gasteiger partial charge on any atom is 0.573 e. The lowest BCUT2D eigenvalue weighted by Crippen LogP contribution is -2.17. The van der Waals surface area contributed by atoms with Crippen molar-refractivity contribution >= 4 is 5.78 Å². The summed E-state index contributed by atoms with van der Waals surface area (Å²) in [4.78, 5) is 19.3. The van der Waals surface area contributed by atoms with Gasteiger partial charge in [-0.15, -0.1) is 13.2 Å². The second-order valence-electron chi connectivity index (χ2n) is 3.92. The third kappa shape index (κ3) is 4.04. The lowest BCUT2D eigenvalue weighted by molar-refractivity contribution is -0.274. The molecule has 0 radical (unpaired) electrons. The summed E-state index contributed by atoms with van der Waals surface area (Å²) < 4.78 is 39.7. The average Bonchev–Trinajstić information content (AvgIpc) is 2.40. The predicted molar refractivity (Wildman–Crippen MR) is 63.2 cm³/mol. The zero-order chi connectivity index (χ0) is 14.6. The van der Waals surface area contributed by atoms with Gasteiger partial charge in [-0.25, -0.2) is 9.97 Å². The van der Waals surface area contributed by atoms with Gasteiger partial charge in [-0.2, -0.15) is 0 Å². The summed E-state index contributed by atoms with van der Waals surface area (Å²) in [6.45, 7) is 0. The van der Waals surface area contributed by atoms with Crippen molar-refractivity contribution in [1.29, 1.82) is 0 Å². The SMILES string of the molecule is O=C(Cc1ccc(OC(F)(F)F)cc1)c1cncnc1. The van der Waals surface area contributed by atoms with Crippen LogP contribution in [0.1, 0.15) is 15.9 Å². The fourth-order valence-corrected chi connectivity index (χ4v) is 1.54. The molecule has 1 aromatic carbocycles. The number of benzene rings is 1. The van der Waals surface area contributed by atoms with E-state index in [4.69, 9.17) is 0 Å². The molecular formula is C13H9F3N2O2. The van der Waals surface area contributed by atoms with Gasteiger partial charge in [0.25, 0.3) is 0 Å². The number of nitrogens with zero attached hydrogens (tertiary/aromatic N) is 2. The van der Waals surface area contributed by atoms with Crippen LogP contribution in [0.3, 0.4) is 0 Å². The number of ketones is 1. The normalized spacial score (nSPS) is 11.2. The second kappa shape index (κ2) is 5.68. The summed E-state index contributed by atoms with van der Waals surface area (Å²) in [5.74, 6) is -0.535. The van der Waals surface area contributed by atoms with Gasteiger partial charge in [0, 0.05) is 18.8 Å². The van der Waals surface area contributed by atoms with Gasteiger partial charge in [-0.3, -0.25) is 4.79 Å². The van der Waals surface area contributed by atoms with Crippen LogP contribution in [0.2, 0.25) is 0 Å². The number of carbonyl (C=O) groups excluding carboxylic acids is 1. The summed E-state index contributed by atoms with van der Waals surface area (Å²) in [6, 6.07) is 5.14. The molecule has 0 atom stereocenters. The van der Waals surface area contributed by atoms with Gasteiger partial charge in [0.2, 0.25) is 0 Å². The van der Waals surface area contributed by atoms with Gasteiger partial charge in [-0.1, -0.05) is 12.1 Å². The van der Waals surface area contributed by atoms with Crippen LogP contribution >= 0.6 is 0 Å². The Morgan fingerprint density at radius 3 is 2.25 bits per heavy atom. The Labute approximate surface area is 112 Å². The highest BCUT2D eigenvalue weighted by Gasteiger charge is 2.30. The highest BCUT2D eigenvalue weighted by Crippen LogP contribution is 2.23. The Kier molecular flexibility index (Phi) is 3.97. The highest BCUT2D eigenvalue weighted by molar-refractivity contribution is 5.96. The number of alkyl halides is 3. The first-order valence-electron chi connectivity index (χ1n) is 5.57. The molecule has 2 rings (SSSR count).